The topological polar surface area (TPSA) is 21.3 Å². The van der Waals surface area contributed by atoms with E-state index in [-0.39, 0.29) is 0 Å². The van der Waals surface area contributed by atoms with Crippen LogP contribution in [-0.4, -0.2) is 4.57 Å². The summed E-state index contributed by atoms with van der Waals surface area (Å²) < 4.78 is 11.5. The first-order chi connectivity index (χ1) is 28.8. The summed E-state index contributed by atoms with van der Waals surface area (Å²) >= 11 is 1.85. The van der Waals surface area contributed by atoms with Gasteiger partial charge in [-0.25, -0.2) is 0 Å². The first kappa shape index (κ1) is 32.8. The van der Waals surface area contributed by atoms with Gasteiger partial charge in [0.2, 0.25) is 0 Å². The number of hydrogen-bond acceptors (Lipinski definition) is 3. The summed E-state index contributed by atoms with van der Waals surface area (Å²) in [5.74, 6) is 0. The Bertz CT molecular complexity index is 3500. The van der Waals surface area contributed by atoms with Gasteiger partial charge in [-0.1, -0.05) is 133 Å². The molecule has 0 aliphatic rings. The van der Waals surface area contributed by atoms with Crippen LogP contribution >= 0.6 is 11.3 Å². The van der Waals surface area contributed by atoms with Crippen molar-refractivity contribution in [3.63, 3.8) is 0 Å². The summed E-state index contributed by atoms with van der Waals surface area (Å²) in [4.78, 5) is 2.46. The van der Waals surface area contributed by atoms with Crippen LogP contribution in [-0.2, 0) is 0 Å². The van der Waals surface area contributed by atoms with Crippen LogP contribution in [0.1, 0.15) is 0 Å². The minimum atomic E-state index is 0.877. The van der Waals surface area contributed by atoms with Crippen LogP contribution in [0.15, 0.2) is 211 Å². The smallest absolute Gasteiger partial charge is 0.136 e. The van der Waals surface area contributed by atoms with Gasteiger partial charge < -0.3 is 13.9 Å². The molecule has 0 saturated heterocycles. The Morgan fingerprint density at radius 1 is 0.397 bits per heavy atom. The molecule has 12 rings (SSSR count). The molecule has 0 spiro atoms. The van der Waals surface area contributed by atoms with E-state index in [0.717, 1.165) is 61.3 Å². The molecule has 272 valence electrons. The Labute approximate surface area is 338 Å². The average molecular weight is 759 g/mol. The lowest BCUT2D eigenvalue weighted by Gasteiger charge is -2.29. The predicted molar refractivity (Wildman–Crippen MR) is 247 cm³/mol. The number of para-hydroxylation sites is 3. The Balaban J connectivity index is 1.21. The van der Waals surface area contributed by atoms with Crippen molar-refractivity contribution >= 4 is 92.3 Å². The fourth-order valence-electron chi connectivity index (χ4n) is 8.97. The minimum absolute atomic E-state index is 0.877. The Morgan fingerprint density at radius 3 is 1.90 bits per heavy atom. The van der Waals surface area contributed by atoms with Crippen molar-refractivity contribution in [1.82, 2.24) is 4.57 Å². The molecule has 0 atom stereocenters. The molecule has 0 aliphatic carbocycles. The maximum Gasteiger partial charge on any atom is 0.136 e. The lowest BCUT2D eigenvalue weighted by Crippen LogP contribution is -2.11. The molecule has 0 N–H and O–H groups in total. The normalized spacial score (nSPS) is 11.8. The number of hydrogen-bond donors (Lipinski definition) is 0. The van der Waals surface area contributed by atoms with Crippen molar-refractivity contribution in [3.8, 4) is 27.9 Å². The lowest BCUT2D eigenvalue weighted by molar-refractivity contribution is 0.669. The molecule has 0 saturated carbocycles. The van der Waals surface area contributed by atoms with E-state index in [1.165, 1.54) is 47.6 Å². The molecule has 0 unspecified atom stereocenters. The van der Waals surface area contributed by atoms with Crippen molar-refractivity contribution in [2.75, 3.05) is 4.90 Å². The zero-order valence-electron chi connectivity index (χ0n) is 31.3. The van der Waals surface area contributed by atoms with Crippen molar-refractivity contribution < 1.29 is 4.42 Å². The van der Waals surface area contributed by atoms with E-state index in [2.05, 4.69) is 210 Å². The van der Waals surface area contributed by atoms with Crippen molar-refractivity contribution in [1.29, 1.82) is 0 Å². The highest BCUT2D eigenvalue weighted by Gasteiger charge is 2.25. The van der Waals surface area contributed by atoms with E-state index in [1.807, 2.05) is 17.4 Å². The number of furan rings is 1. The maximum absolute atomic E-state index is 6.52. The molecular weight excluding hydrogens is 725 g/mol. The van der Waals surface area contributed by atoms with Gasteiger partial charge in [0.15, 0.2) is 0 Å². The van der Waals surface area contributed by atoms with Crippen LogP contribution in [0.25, 0.3) is 91.9 Å². The van der Waals surface area contributed by atoms with E-state index in [9.17, 15) is 0 Å². The van der Waals surface area contributed by atoms with Crippen molar-refractivity contribution in [2.24, 2.45) is 0 Å². The van der Waals surface area contributed by atoms with E-state index in [0.29, 0.717) is 0 Å². The highest BCUT2D eigenvalue weighted by atomic mass is 32.1. The van der Waals surface area contributed by atoms with Crippen LogP contribution < -0.4 is 4.90 Å². The second-order valence-electron chi connectivity index (χ2n) is 14.9. The van der Waals surface area contributed by atoms with Crippen molar-refractivity contribution in [3.05, 3.63) is 206 Å². The molecule has 0 radical (unpaired) electrons. The van der Waals surface area contributed by atoms with Gasteiger partial charge in [0, 0.05) is 64.3 Å². The fraction of sp³-hybridized carbons (Fsp3) is 0. The summed E-state index contributed by atoms with van der Waals surface area (Å²) in [6.07, 6.45) is 0. The summed E-state index contributed by atoms with van der Waals surface area (Å²) in [6, 6.07) is 74.6. The number of fused-ring (bicyclic) bond motifs is 9. The molecule has 3 heterocycles. The fourth-order valence-corrected chi connectivity index (χ4v) is 10.1. The van der Waals surface area contributed by atoms with Crippen LogP contribution in [0.4, 0.5) is 17.1 Å². The molecule has 3 nitrogen and oxygen atoms in total. The van der Waals surface area contributed by atoms with Gasteiger partial charge in [-0.05, 0) is 89.5 Å². The van der Waals surface area contributed by atoms with Crippen LogP contribution in [0.5, 0.6) is 0 Å². The van der Waals surface area contributed by atoms with Gasteiger partial charge in [-0.3, -0.25) is 0 Å². The predicted octanol–water partition coefficient (Wildman–Crippen LogP) is 15.9. The van der Waals surface area contributed by atoms with Gasteiger partial charge in [-0.2, -0.15) is 0 Å². The van der Waals surface area contributed by atoms with Crippen LogP contribution in [0.3, 0.4) is 0 Å². The zero-order chi connectivity index (χ0) is 38.2. The molecule has 0 fully saturated rings. The SMILES string of the molecule is c1ccc(-c2ccc(N(c3ccc4c(c3)sc3ccccc34)c3cc4c(cc3-c3cccc5oc6ccccc6c35)c3ccccc3n4-c3ccccc3)cc2)cc1. The molecule has 4 heteroatoms. The van der Waals surface area contributed by atoms with E-state index in [1.54, 1.807) is 0 Å². The van der Waals surface area contributed by atoms with Gasteiger partial charge in [0.1, 0.15) is 11.2 Å². The van der Waals surface area contributed by atoms with Crippen LogP contribution in [0, 0.1) is 0 Å². The third-order valence-electron chi connectivity index (χ3n) is 11.6. The standard InChI is InChI=1S/C54H34N2OS/c1-3-14-35(15-4-1)36-26-28-38(29-27-36)55(39-30-31-42-41-19-9-12-25-52(41)58-53(42)32-39)48-34-49-45(40-18-7-10-22-47(40)56(49)37-16-5-2-6-17-37)33-46(48)43-21-13-24-51-54(43)44-20-8-11-23-50(44)57-51/h1-34H. The molecule has 0 amide bonds. The second-order valence-corrected chi connectivity index (χ2v) is 16.0. The lowest BCUT2D eigenvalue weighted by atomic mass is 9.95. The first-order valence-electron chi connectivity index (χ1n) is 19.7. The van der Waals surface area contributed by atoms with Gasteiger partial charge in [0.05, 0.1) is 16.7 Å². The maximum atomic E-state index is 6.52. The number of nitrogens with zero attached hydrogens (tertiary/aromatic N) is 2. The third-order valence-corrected chi connectivity index (χ3v) is 12.7. The number of thiophene rings is 1. The molecule has 0 aliphatic heterocycles. The van der Waals surface area contributed by atoms with Gasteiger partial charge in [0.25, 0.3) is 0 Å². The summed E-state index contributed by atoms with van der Waals surface area (Å²) in [6.45, 7) is 0. The number of benzene rings is 9. The van der Waals surface area contributed by atoms with Gasteiger partial charge in [-0.15, -0.1) is 11.3 Å². The zero-order valence-corrected chi connectivity index (χ0v) is 32.2. The van der Waals surface area contributed by atoms with E-state index in [4.69, 9.17) is 4.42 Å². The second kappa shape index (κ2) is 13.1. The summed E-state index contributed by atoms with van der Waals surface area (Å²) in [5.41, 5.74) is 13.1. The molecule has 0 bridgehead atoms. The molecule has 58 heavy (non-hydrogen) atoms. The quantitative estimate of drug-likeness (QED) is 0.168. The molecule has 9 aromatic carbocycles. The number of anilines is 3. The average Bonchev–Trinajstić information content (AvgIpc) is 3.96. The highest BCUT2D eigenvalue weighted by molar-refractivity contribution is 7.25. The highest BCUT2D eigenvalue weighted by Crippen LogP contribution is 2.49. The van der Waals surface area contributed by atoms with Crippen molar-refractivity contribution in [2.45, 2.75) is 0 Å². The van der Waals surface area contributed by atoms with E-state index < -0.39 is 0 Å². The molecular formula is C54H34N2OS. The molecule has 12 aromatic rings. The largest absolute Gasteiger partial charge is 0.456 e. The molecule has 3 aromatic heterocycles. The Hall–Kier alpha value is -7.40. The summed E-state index contributed by atoms with van der Waals surface area (Å²) in [5, 5.41) is 7.20. The van der Waals surface area contributed by atoms with Gasteiger partial charge >= 0.3 is 0 Å². The first-order valence-corrected chi connectivity index (χ1v) is 20.5. The minimum Gasteiger partial charge on any atom is -0.456 e. The third kappa shape index (κ3) is 5.12. The Kier molecular flexibility index (Phi) is 7.40. The monoisotopic (exact) mass is 758 g/mol. The Morgan fingerprint density at radius 2 is 1.05 bits per heavy atom. The van der Waals surface area contributed by atoms with E-state index >= 15 is 0 Å². The number of aromatic nitrogens is 1. The van der Waals surface area contributed by atoms with Crippen LogP contribution in [0.2, 0.25) is 0 Å². The number of rotatable bonds is 6. The summed E-state index contributed by atoms with van der Waals surface area (Å²) in [7, 11) is 0.